The monoisotopic (exact) mass is 364 g/mol. The number of sulfonamides is 1. The molecule has 1 saturated heterocycles. The number of nitrogens with two attached hydrogens (primary N) is 1. The average molecular weight is 364 g/mol. The summed E-state index contributed by atoms with van der Waals surface area (Å²) in [5, 5.41) is 5.15. The highest BCUT2D eigenvalue weighted by molar-refractivity contribution is 7.89. The van der Waals surface area contributed by atoms with Gasteiger partial charge >= 0.3 is 0 Å². The maximum atomic E-state index is 11.4. The number of methoxy groups -OCH3 is 2. The van der Waals surface area contributed by atoms with Crippen LogP contribution in [0.25, 0.3) is 0 Å². The van der Waals surface area contributed by atoms with Crippen molar-refractivity contribution in [2.45, 2.75) is 23.8 Å². The molecule has 0 radical (unpaired) electrons. The van der Waals surface area contributed by atoms with Crippen LogP contribution in [-0.4, -0.2) is 29.2 Å². The molecule has 3 rings (SSSR count). The average Bonchev–Trinajstić information content (AvgIpc) is 3.10. The predicted molar refractivity (Wildman–Crippen MR) is 93.2 cm³/mol. The third-order valence-electron chi connectivity index (χ3n) is 4.46. The van der Waals surface area contributed by atoms with Crippen molar-refractivity contribution in [3.05, 3.63) is 42.1 Å². The number of anilines is 1. The number of hydrogen-bond acceptors (Lipinski definition) is 5. The van der Waals surface area contributed by atoms with E-state index in [1.165, 1.54) is 12.3 Å². The molecule has 7 nitrogen and oxygen atoms in total. The van der Waals surface area contributed by atoms with Gasteiger partial charge in [-0.15, -0.1) is 0 Å². The van der Waals surface area contributed by atoms with E-state index in [2.05, 4.69) is 9.88 Å². The van der Waals surface area contributed by atoms with E-state index in [9.17, 15) is 8.42 Å². The van der Waals surface area contributed by atoms with Crippen molar-refractivity contribution in [3.63, 3.8) is 0 Å². The third kappa shape index (κ3) is 3.54. The quantitative estimate of drug-likeness (QED) is 0.867. The van der Waals surface area contributed by atoms with Gasteiger partial charge in [-0.25, -0.2) is 18.5 Å². The molecular formula is C17H22N3O4S+. The summed E-state index contributed by atoms with van der Waals surface area (Å²) in [6.07, 6.45) is 3.43. The fourth-order valence-electron chi connectivity index (χ4n) is 3.23. The summed E-state index contributed by atoms with van der Waals surface area (Å²) in [6, 6.07) is 9.20. The first kappa shape index (κ1) is 17.5. The molecule has 2 aromatic rings. The van der Waals surface area contributed by atoms with Crippen LogP contribution >= 0.6 is 0 Å². The van der Waals surface area contributed by atoms with Crippen LogP contribution in [0.4, 0.5) is 5.82 Å². The van der Waals surface area contributed by atoms with Crippen molar-refractivity contribution in [2.75, 3.05) is 25.7 Å². The van der Waals surface area contributed by atoms with Crippen LogP contribution in [0.3, 0.4) is 0 Å². The van der Waals surface area contributed by atoms with Crippen molar-refractivity contribution >= 4 is 15.8 Å². The van der Waals surface area contributed by atoms with E-state index < -0.39 is 10.0 Å². The second-order valence-electron chi connectivity index (χ2n) is 5.91. The van der Waals surface area contributed by atoms with Crippen LogP contribution in [0.1, 0.15) is 24.4 Å². The van der Waals surface area contributed by atoms with Gasteiger partial charge in [0.2, 0.25) is 10.0 Å². The molecule has 0 amide bonds. The molecule has 8 heteroatoms. The first-order valence-corrected chi connectivity index (χ1v) is 9.52. The lowest BCUT2D eigenvalue weighted by atomic mass is 10.0. The number of nitrogens with one attached hydrogen (secondary N) is 1. The van der Waals surface area contributed by atoms with Gasteiger partial charge < -0.3 is 9.47 Å². The molecular weight excluding hydrogens is 342 g/mol. The van der Waals surface area contributed by atoms with Crippen LogP contribution in [0.15, 0.2) is 41.4 Å². The molecule has 1 aromatic carbocycles. The van der Waals surface area contributed by atoms with E-state index in [0.717, 1.165) is 42.3 Å². The predicted octanol–water partition coefficient (Wildman–Crippen LogP) is 1.51. The van der Waals surface area contributed by atoms with Crippen molar-refractivity contribution in [3.8, 4) is 11.5 Å². The first-order chi connectivity index (χ1) is 11.9. The maximum absolute atomic E-state index is 11.4. The number of primary sulfonamides is 1. The fourth-order valence-corrected chi connectivity index (χ4v) is 3.71. The molecule has 1 aliphatic heterocycles. The second-order valence-corrected chi connectivity index (χ2v) is 7.48. The van der Waals surface area contributed by atoms with E-state index in [1.54, 1.807) is 20.3 Å². The van der Waals surface area contributed by atoms with Crippen LogP contribution in [0.5, 0.6) is 11.5 Å². The summed E-state index contributed by atoms with van der Waals surface area (Å²) in [5.74, 6) is 2.36. The highest BCUT2D eigenvalue weighted by Gasteiger charge is 2.35. The van der Waals surface area contributed by atoms with Crippen LogP contribution in [0.2, 0.25) is 0 Å². The first-order valence-electron chi connectivity index (χ1n) is 7.97. The van der Waals surface area contributed by atoms with Gasteiger partial charge in [0.1, 0.15) is 28.6 Å². The molecule has 0 saturated carbocycles. The molecule has 0 unspecified atom stereocenters. The topological polar surface area (TPSA) is 96.0 Å². The zero-order valence-corrected chi connectivity index (χ0v) is 15.0. The van der Waals surface area contributed by atoms with E-state index in [0.29, 0.717) is 0 Å². The lowest BCUT2D eigenvalue weighted by Crippen LogP contribution is -2.29. The van der Waals surface area contributed by atoms with E-state index in [1.807, 2.05) is 18.2 Å². The molecule has 0 spiro atoms. The normalized spacial score (nSPS) is 17.6. The molecule has 134 valence electrons. The van der Waals surface area contributed by atoms with Crippen LogP contribution in [-0.2, 0) is 10.0 Å². The Morgan fingerprint density at radius 2 is 2.00 bits per heavy atom. The summed E-state index contributed by atoms with van der Waals surface area (Å²) in [5.41, 5.74) is 1.07. The minimum atomic E-state index is -3.71. The second kappa shape index (κ2) is 6.89. The van der Waals surface area contributed by atoms with Crippen LogP contribution in [0, 0.1) is 0 Å². The standard InChI is InChI=1S/C17H21N3O4S/c1-23-12-5-7-14(16(10-12)24-2)15-4-3-9-20(15)17-8-6-13(11-19-17)25(18,21)22/h5-8,10-11,15H,3-4,9H2,1-2H3,(H2,18,21,22)/p+1/t15-/m1/s1. The Hall–Kier alpha value is -2.32. The van der Waals surface area contributed by atoms with Crippen molar-refractivity contribution in [1.29, 1.82) is 0 Å². The highest BCUT2D eigenvalue weighted by Crippen LogP contribution is 2.40. The summed E-state index contributed by atoms with van der Waals surface area (Å²) in [4.78, 5) is 5.32. The van der Waals surface area contributed by atoms with Crippen molar-refractivity contribution < 1.29 is 22.9 Å². The van der Waals surface area contributed by atoms with Gasteiger partial charge in [-0.05, 0) is 31.0 Å². The Morgan fingerprint density at radius 1 is 1.20 bits per heavy atom. The molecule has 1 aliphatic rings. The molecule has 25 heavy (non-hydrogen) atoms. The number of ether oxygens (including phenoxy) is 2. The molecule has 1 atom stereocenters. The Kier molecular flexibility index (Phi) is 4.82. The smallest absolute Gasteiger partial charge is 0.274 e. The highest BCUT2D eigenvalue weighted by atomic mass is 32.2. The van der Waals surface area contributed by atoms with Crippen molar-refractivity contribution in [1.82, 2.24) is 0 Å². The van der Waals surface area contributed by atoms with Gasteiger partial charge in [-0.2, -0.15) is 0 Å². The largest absolute Gasteiger partial charge is 0.497 e. The van der Waals surface area contributed by atoms with Gasteiger partial charge in [0.05, 0.1) is 20.8 Å². The Labute approximate surface area is 147 Å². The number of aromatic amines is 1. The summed E-state index contributed by atoms with van der Waals surface area (Å²) < 4.78 is 33.6. The number of nitrogens with zero attached hydrogens (tertiary/aromatic N) is 1. The van der Waals surface area contributed by atoms with Gasteiger partial charge in [-0.1, -0.05) is 0 Å². The number of benzene rings is 1. The Morgan fingerprint density at radius 3 is 2.60 bits per heavy atom. The number of H-pyrrole nitrogens is 1. The number of hydrogen-bond donors (Lipinski definition) is 1. The maximum Gasteiger partial charge on any atom is 0.274 e. The SMILES string of the molecule is COc1ccc([C@H]2CCCN2c2ccc(S(N)(=O)=O)c[nH+]2)c(OC)c1. The fraction of sp³-hybridized carbons (Fsp3) is 0.353. The zero-order valence-electron chi connectivity index (χ0n) is 14.2. The number of pyridine rings is 1. The minimum absolute atomic E-state index is 0.0639. The minimum Gasteiger partial charge on any atom is -0.497 e. The molecule has 1 aromatic heterocycles. The van der Waals surface area contributed by atoms with Crippen molar-refractivity contribution in [2.24, 2.45) is 5.14 Å². The molecule has 3 N–H and O–H groups in total. The molecule has 0 aliphatic carbocycles. The van der Waals surface area contributed by atoms with E-state index in [-0.39, 0.29) is 10.9 Å². The molecule has 0 bridgehead atoms. The van der Waals surface area contributed by atoms with Crippen LogP contribution < -0.4 is 24.5 Å². The molecule has 1 fully saturated rings. The van der Waals surface area contributed by atoms with Gasteiger partial charge in [0, 0.05) is 17.7 Å². The number of aromatic nitrogens is 1. The molecule has 2 heterocycles. The van der Waals surface area contributed by atoms with E-state index in [4.69, 9.17) is 14.6 Å². The third-order valence-corrected chi connectivity index (χ3v) is 5.37. The zero-order chi connectivity index (χ0) is 18.0. The summed E-state index contributed by atoms with van der Waals surface area (Å²) >= 11 is 0. The van der Waals surface area contributed by atoms with E-state index >= 15 is 0 Å². The Balaban J connectivity index is 1.93. The lowest BCUT2D eigenvalue weighted by molar-refractivity contribution is -0.367. The van der Waals surface area contributed by atoms with Gasteiger partial charge in [0.25, 0.3) is 5.82 Å². The van der Waals surface area contributed by atoms with Gasteiger partial charge in [-0.3, -0.25) is 4.90 Å². The Bertz CT molecular complexity index is 853. The summed E-state index contributed by atoms with van der Waals surface area (Å²) in [6.45, 7) is 0.866. The summed E-state index contributed by atoms with van der Waals surface area (Å²) in [7, 11) is -0.444. The lowest BCUT2D eigenvalue weighted by Gasteiger charge is -2.21. The van der Waals surface area contributed by atoms with Gasteiger partial charge in [0.15, 0.2) is 0 Å². The number of rotatable bonds is 5.